The van der Waals surface area contributed by atoms with Gasteiger partial charge in [-0.3, -0.25) is 10.5 Å². The van der Waals surface area contributed by atoms with E-state index in [4.69, 9.17) is 5.73 Å². The number of nitrogens with zero attached hydrogens (tertiary/aromatic N) is 2. The van der Waals surface area contributed by atoms with Gasteiger partial charge in [-0.05, 0) is 30.7 Å². The molecule has 1 N–H and O–H groups in total. The standard InChI is InChI=1S/C14H10N3O/c1-8-4-2-6-10-12(8)17-13-9(14(15)18)5-3-7-11(13)16-10/h2-7,15H,1H3. The molecule has 0 bridgehead atoms. The van der Waals surface area contributed by atoms with Gasteiger partial charge in [-0.1, -0.05) is 18.2 Å². The number of hydrogen-bond acceptors (Lipinski definition) is 3. The van der Waals surface area contributed by atoms with Crippen LogP contribution in [0.2, 0.25) is 0 Å². The fourth-order valence-corrected chi connectivity index (χ4v) is 2.04. The third kappa shape index (κ3) is 1.50. The Morgan fingerprint density at radius 2 is 1.67 bits per heavy atom. The van der Waals surface area contributed by atoms with Gasteiger partial charge in [0.2, 0.25) is 0 Å². The normalized spacial score (nSPS) is 10.9. The Bertz CT molecular complexity index is 780. The Hall–Kier alpha value is -2.49. The molecule has 0 aliphatic rings. The van der Waals surface area contributed by atoms with Crippen LogP contribution in [0.3, 0.4) is 0 Å². The average Bonchev–Trinajstić information content (AvgIpc) is 2.36. The quantitative estimate of drug-likeness (QED) is 0.610. The lowest BCUT2D eigenvalue weighted by Gasteiger charge is -2.05. The van der Waals surface area contributed by atoms with Crippen LogP contribution in [-0.2, 0) is 0 Å². The summed E-state index contributed by atoms with van der Waals surface area (Å²) < 4.78 is 0. The number of nitrogens with one attached hydrogen (secondary N) is 1. The summed E-state index contributed by atoms with van der Waals surface area (Å²) in [5.74, 6) is -0.733. The Morgan fingerprint density at radius 3 is 2.39 bits per heavy atom. The van der Waals surface area contributed by atoms with E-state index >= 15 is 0 Å². The topological polar surface area (TPSA) is 66.7 Å². The average molecular weight is 236 g/mol. The van der Waals surface area contributed by atoms with Gasteiger partial charge in [-0.25, -0.2) is 9.97 Å². The maximum atomic E-state index is 11.3. The van der Waals surface area contributed by atoms with Gasteiger partial charge in [0, 0.05) is 0 Å². The summed E-state index contributed by atoms with van der Waals surface area (Å²) in [5.41, 5.74) is 11.3. The largest absolute Gasteiger partial charge is 0.271 e. The third-order valence-corrected chi connectivity index (χ3v) is 2.94. The minimum absolute atomic E-state index is 0.296. The monoisotopic (exact) mass is 236 g/mol. The van der Waals surface area contributed by atoms with Crippen molar-refractivity contribution in [2.24, 2.45) is 0 Å². The second kappa shape index (κ2) is 3.77. The van der Waals surface area contributed by atoms with Gasteiger partial charge in [0.05, 0.1) is 22.1 Å². The van der Waals surface area contributed by atoms with Crippen LogP contribution in [0.4, 0.5) is 0 Å². The summed E-state index contributed by atoms with van der Waals surface area (Å²) in [6, 6.07) is 10.9. The highest BCUT2D eigenvalue weighted by atomic mass is 16.1. The molecular weight excluding hydrogens is 226 g/mol. The maximum Gasteiger partial charge on any atom is 0.271 e. The molecule has 1 aromatic heterocycles. The Kier molecular flexibility index (Phi) is 2.23. The first-order valence-corrected chi connectivity index (χ1v) is 5.59. The summed E-state index contributed by atoms with van der Waals surface area (Å²) in [7, 11) is 0. The molecule has 3 rings (SSSR count). The molecule has 0 aliphatic carbocycles. The SMILES string of the molecule is Cc1cccc2nc3cccc(C([NH])=O)c3nc12. The minimum Gasteiger partial charge on any atom is -0.267 e. The van der Waals surface area contributed by atoms with Crippen LogP contribution in [0.15, 0.2) is 36.4 Å². The molecule has 4 nitrogen and oxygen atoms in total. The van der Waals surface area contributed by atoms with Crippen molar-refractivity contribution in [3.05, 3.63) is 47.5 Å². The van der Waals surface area contributed by atoms with Crippen molar-refractivity contribution < 1.29 is 4.79 Å². The number of aromatic nitrogens is 2. The van der Waals surface area contributed by atoms with E-state index < -0.39 is 5.91 Å². The van der Waals surface area contributed by atoms with Gasteiger partial charge < -0.3 is 0 Å². The lowest BCUT2D eigenvalue weighted by Crippen LogP contribution is -2.02. The second-order valence-corrected chi connectivity index (χ2v) is 4.17. The van der Waals surface area contributed by atoms with Crippen molar-refractivity contribution in [2.75, 3.05) is 0 Å². The van der Waals surface area contributed by atoms with E-state index in [0.717, 1.165) is 16.6 Å². The number of benzene rings is 2. The van der Waals surface area contributed by atoms with Crippen molar-refractivity contribution in [1.29, 1.82) is 0 Å². The molecule has 0 saturated heterocycles. The highest BCUT2D eigenvalue weighted by Gasteiger charge is 2.11. The number of para-hydroxylation sites is 2. The summed E-state index contributed by atoms with van der Waals surface area (Å²) in [5, 5.41) is 0. The molecule has 1 amide bonds. The van der Waals surface area contributed by atoms with Crippen LogP contribution >= 0.6 is 0 Å². The smallest absolute Gasteiger partial charge is 0.267 e. The number of aryl methyl sites for hydroxylation is 1. The first-order valence-electron chi connectivity index (χ1n) is 5.59. The lowest BCUT2D eigenvalue weighted by atomic mass is 10.1. The zero-order valence-corrected chi connectivity index (χ0v) is 9.77. The Morgan fingerprint density at radius 1 is 1.00 bits per heavy atom. The zero-order valence-electron chi connectivity index (χ0n) is 9.77. The highest BCUT2D eigenvalue weighted by Crippen LogP contribution is 2.21. The number of fused-ring (bicyclic) bond motifs is 2. The van der Waals surface area contributed by atoms with Crippen molar-refractivity contribution >= 4 is 28.0 Å². The zero-order chi connectivity index (χ0) is 12.7. The van der Waals surface area contributed by atoms with Gasteiger partial charge in [0.25, 0.3) is 5.91 Å². The Labute approximate surface area is 103 Å². The molecule has 0 fully saturated rings. The van der Waals surface area contributed by atoms with Crippen LogP contribution in [0.1, 0.15) is 15.9 Å². The van der Waals surface area contributed by atoms with Crippen molar-refractivity contribution in [3.8, 4) is 0 Å². The van der Waals surface area contributed by atoms with Crippen LogP contribution in [-0.4, -0.2) is 15.9 Å². The fourth-order valence-electron chi connectivity index (χ4n) is 2.04. The number of rotatable bonds is 1. The van der Waals surface area contributed by atoms with Crippen LogP contribution in [0.25, 0.3) is 22.1 Å². The van der Waals surface area contributed by atoms with Crippen LogP contribution in [0, 0.1) is 6.92 Å². The molecule has 3 aromatic rings. The van der Waals surface area contributed by atoms with E-state index in [-0.39, 0.29) is 0 Å². The number of hydrogen-bond donors (Lipinski definition) is 0. The first-order chi connectivity index (χ1) is 8.66. The Balaban J connectivity index is 2.50. The molecule has 1 heterocycles. The summed E-state index contributed by atoms with van der Waals surface area (Å²) in [6.45, 7) is 1.95. The molecular formula is C14H10N3O. The molecule has 87 valence electrons. The van der Waals surface area contributed by atoms with E-state index in [0.29, 0.717) is 16.6 Å². The molecule has 2 aromatic carbocycles. The lowest BCUT2D eigenvalue weighted by molar-refractivity contribution is 0.0993. The predicted molar refractivity (Wildman–Crippen MR) is 69.2 cm³/mol. The summed E-state index contributed by atoms with van der Waals surface area (Å²) in [4.78, 5) is 20.3. The van der Waals surface area contributed by atoms with E-state index in [1.807, 2.05) is 25.1 Å². The molecule has 0 spiro atoms. The van der Waals surface area contributed by atoms with Crippen molar-refractivity contribution in [3.63, 3.8) is 0 Å². The minimum atomic E-state index is -0.733. The molecule has 0 aliphatic heterocycles. The molecule has 18 heavy (non-hydrogen) atoms. The van der Waals surface area contributed by atoms with Gasteiger partial charge in [0.1, 0.15) is 5.52 Å². The second-order valence-electron chi connectivity index (χ2n) is 4.17. The molecule has 0 saturated carbocycles. The van der Waals surface area contributed by atoms with E-state index in [1.54, 1.807) is 18.2 Å². The highest BCUT2D eigenvalue weighted by molar-refractivity contribution is 6.05. The number of carbonyl (C=O) groups is 1. The summed E-state index contributed by atoms with van der Waals surface area (Å²) >= 11 is 0. The molecule has 4 heteroatoms. The van der Waals surface area contributed by atoms with E-state index in [2.05, 4.69) is 9.97 Å². The van der Waals surface area contributed by atoms with Crippen molar-refractivity contribution in [2.45, 2.75) is 6.92 Å². The number of carbonyl (C=O) groups excluding carboxylic acids is 1. The van der Waals surface area contributed by atoms with Gasteiger partial charge in [-0.2, -0.15) is 0 Å². The molecule has 0 unspecified atom stereocenters. The number of amides is 1. The first kappa shape index (κ1) is 10.7. The fraction of sp³-hybridized carbons (Fsp3) is 0.0714. The van der Waals surface area contributed by atoms with E-state index in [1.165, 1.54) is 0 Å². The van der Waals surface area contributed by atoms with E-state index in [9.17, 15) is 4.79 Å². The molecule has 1 radical (unpaired) electrons. The predicted octanol–water partition coefficient (Wildman–Crippen LogP) is 2.51. The van der Waals surface area contributed by atoms with Crippen LogP contribution in [0.5, 0.6) is 0 Å². The van der Waals surface area contributed by atoms with Gasteiger partial charge >= 0.3 is 0 Å². The van der Waals surface area contributed by atoms with Crippen molar-refractivity contribution in [1.82, 2.24) is 15.7 Å². The summed E-state index contributed by atoms with van der Waals surface area (Å²) in [6.07, 6.45) is 0. The van der Waals surface area contributed by atoms with Gasteiger partial charge in [0.15, 0.2) is 0 Å². The maximum absolute atomic E-state index is 11.3. The molecule has 0 atom stereocenters. The third-order valence-electron chi connectivity index (χ3n) is 2.94. The van der Waals surface area contributed by atoms with Gasteiger partial charge in [-0.15, -0.1) is 0 Å². The van der Waals surface area contributed by atoms with Crippen LogP contribution < -0.4 is 5.73 Å².